The molecule has 12 heteroatoms. The molecule has 11 nitrogen and oxygen atoms in total. The Bertz CT molecular complexity index is 339. The summed E-state index contributed by atoms with van der Waals surface area (Å²) < 4.78 is 9.62. The minimum absolute atomic E-state index is 0. The first-order valence-corrected chi connectivity index (χ1v) is 7.50. The third-order valence-corrected chi connectivity index (χ3v) is 2.13. The lowest BCUT2D eigenvalue weighted by Crippen LogP contribution is -2.44. The monoisotopic (exact) mass is 398 g/mol. The van der Waals surface area contributed by atoms with Crippen molar-refractivity contribution in [1.29, 1.82) is 0 Å². The highest BCUT2D eigenvalue weighted by molar-refractivity contribution is 5.75. The molecule has 0 rings (SSSR count). The summed E-state index contributed by atoms with van der Waals surface area (Å²) in [6.45, 7) is 2.68. The van der Waals surface area contributed by atoms with Crippen LogP contribution in [0.3, 0.4) is 0 Å². The molecule has 0 aromatic rings. The molecule has 6 N–H and O–H groups in total. The molecule has 0 saturated heterocycles. The molecule has 0 heterocycles. The fraction of sp³-hybridized carbons (Fsp3) is 0.786. The van der Waals surface area contributed by atoms with Crippen molar-refractivity contribution >= 4 is 41.0 Å². The van der Waals surface area contributed by atoms with Crippen molar-refractivity contribution in [2.45, 2.75) is 45.5 Å². The van der Waals surface area contributed by atoms with Crippen LogP contribution >= 0.6 is 0 Å². The van der Waals surface area contributed by atoms with E-state index >= 15 is 0 Å². The van der Waals surface area contributed by atoms with Crippen molar-refractivity contribution in [3.63, 3.8) is 0 Å². The lowest BCUT2D eigenvalue weighted by Gasteiger charge is -2.23. The van der Waals surface area contributed by atoms with E-state index in [9.17, 15) is 9.90 Å². The van der Waals surface area contributed by atoms with Gasteiger partial charge in [-0.3, -0.25) is 0 Å². The van der Waals surface area contributed by atoms with Crippen LogP contribution in [0.1, 0.15) is 39.5 Å². The Morgan fingerprint density at radius 1 is 0.808 bits per heavy atom. The van der Waals surface area contributed by atoms with E-state index in [1.54, 1.807) is 0 Å². The fourth-order valence-electron chi connectivity index (χ4n) is 0.875. The number of hydrogen-bond donors (Lipinski definition) is 6. The number of carboxylic acids is 3. The Morgan fingerprint density at radius 3 is 1.23 bits per heavy atom. The van der Waals surface area contributed by atoms with E-state index in [1.807, 2.05) is 13.8 Å². The minimum Gasteiger partial charge on any atom is -0.480 e. The summed E-state index contributed by atoms with van der Waals surface area (Å²) in [5, 5.41) is 48.3. The zero-order valence-corrected chi connectivity index (χ0v) is 14.4. The van der Waals surface area contributed by atoms with Gasteiger partial charge in [-0.25, -0.2) is 14.4 Å². The number of aliphatic carboxylic acids is 3. The van der Waals surface area contributed by atoms with Crippen LogP contribution in [0.4, 0.5) is 0 Å². The topological polar surface area (TPSA) is 191 Å². The smallest absolute Gasteiger partial charge is 0.395 e. The van der Waals surface area contributed by atoms with Gasteiger partial charge in [0.25, 0.3) is 0 Å². The standard InChI is InChI=1S/C10H20O5.2C2H4O3.Mg.2H/c1-3-5-7-14-10(13,9(11)12)15-8-6-4-2;2*3-1-2(4)5;;;/h13H,3-8H2,1-2H3,(H,11,12);2*3H,1H2,(H,4,5);;;. The zero-order chi connectivity index (χ0) is 20.3. The highest BCUT2D eigenvalue weighted by Gasteiger charge is 2.38. The van der Waals surface area contributed by atoms with Gasteiger partial charge in [-0.15, -0.1) is 0 Å². The molecule has 0 aliphatic carbocycles. The van der Waals surface area contributed by atoms with Gasteiger partial charge < -0.3 is 40.1 Å². The predicted molar refractivity (Wildman–Crippen MR) is 92.3 cm³/mol. The quantitative estimate of drug-likeness (QED) is 0.136. The van der Waals surface area contributed by atoms with Crippen molar-refractivity contribution in [2.24, 2.45) is 0 Å². The van der Waals surface area contributed by atoms with Crippen LogP contribution in [0, 0.1) is 0 Å². The van der Waals surface area contributed by atoms with E-state index < -0.39 is 37.1 Å². The predicted octanol–water partition coefficient (Wildman–Crippen LogP) is -1.44. The molecule has 0 amide bonds. The van der Waals surface area contributed by atoms with Gasteiger partial charge >= 0.3 is 46.9 Å². The first kappa shape index (κ1) is 32.6. The first-order chi connectivity index (χ1) is 11.6. The summed E-state index contributed by atoms with van der Waals surface area (Å²) in [5.74, 6) is -6.37. The van der Waals surface area contributed by atoms with Gasteiger partial charge in [0.2, 0.25) is 0 Å². The summed E-state index contributed by atoms with van der Waals surface area (Å²) in [7, 11) is 0. The maximum absolute atomic E-state index is 10.7. The number of aliphatic hydroxyl groups excluding tert-OH is 2. The summed E-state index contributed by atoms with van der Waals surface area (Å²) in [6, 6.07) is 0. The van der Waals surface area contributed by atoms with Crippen LogP contribution in [-0.4, -0.2) is 104 Å². The van der Waals surface area contributed by atoms with Crippen LogP contribution in [0.15, 0.2) is 0 Å². The molecule has 0 unspecified atom stereocenters. The lowest BCUT2D eigenvalue weighted by atomic mass is 10.3. The van der Waals surface area contributed by atoms with Crippen molar-refractivity contribution in [1.82, 2.24) is 0 Å². The molecule has 0 saturated carbocycles. The highest BCUT2D eigenvalue weighted by Crippen LogP contribution is 2.11. The number of unbranched alkanes of at least 4 members (excludes halogenated alkanes) is 2. The molecule has 0 spiro atoms. The third kappa shape index (κ3) is 25.2. The van der Waals surface area contributed by atoms with E-state index in [0.717, 1.165) is 12.8 Å². The maximum Gasteiger partial charge on any atom is 0.395 e. The zero-order valence-electron chi connectivity index (χ0n) is 14.4. The minimum atomic E-state index is -2.48. The maximum atomic E-state index is 10.7. The number of carboxylic acid groups (broad SMARTS) is 3. The largest absolute Gasteiger partial charge is 0.480 e. The van der Waals surface area contributed by atoms with Crippen LogP contribution in [0.2, 0.25) is 0 Å². The summed E-state index contributed by atoms with van der Waals surface area (Å²) in [5.41, 5.74) is 0. The van der Waals surface area contributed by atoms with Gasteiger partial charge in [0.15, 0.2) is 0 Å². The van der Waals surface area contributed by atoms with Gasteiger partial charge in [-0.1, -0.05) is 26.7 Å². The van der Waals surface area contributed by atoms with Gasteiger partial charge in [0.1, 0.15) is 13.2 Å². The van der Waals surface area contributed by atoms with Crippen molar-refractivity contribution in [3.05, 3.63) is 0 Å². The summed E-state index contributed by atoms with van der Waals surface area (Å²) >= 11 is 0. The number of rotatable bonds is 11. The van der Waals surface area contributed by atoms with Gasteiger partial charge in [-0.2, -0.15) is 0 Å². The third-order valence-electron chi connectivity index (χ3n) is 2.13. The van der Waals surface area contributed by atoms with Crippen molar-refractivity contribution < 1.29 is 54.5 Å². The summed E-state index contributed by atoms with van der Waals surface area (Å²) in [6.07, 6.45) is 3.11. The average Bonchev–Trinajstić information content (AvgIpc) is 2.56. The Hall–Kier alpha value is -1.02. The summed E-state index contributed by atoms with van der Waals surface area (Å²) in [4.78, 5) is 28.9. The molecule has 0 aromatic carbocycles. The lowest BCUT2D eigenvalue weighted by molar-refractivity contribution is -0.344. The van der Waals surface area contributed by atoms with Crippen LogP contribution in [0.5, 0.6) is 0 Å². The van der Waals surface area contributed by atoms with Gasteiger partial charge in [0.05, 0.1) is 13.2 Å². The molecule has 154 valence electrons. The molecule has 0 bridgehead atoms. The highest BCUT2D eigenvalue weighted by atomic mass is 24.3. The molecule has 26 heavy (non-hydrogen) atoms. The number of hydrogen-bond acceptors (Lipinski definition) is 8. The molecule has 0 aromatic heterocycles. The second-order valence-corrected chi connectivity index (χ2v) is 4.39. The molecule has 0 aliphatic rings. The molecule has 0 fully saturated rings. The fourth-order valence-corrected chi connectivity index (χ4v) is 0.875. The average molecular weight is 399 g/mol. The van der Waals surface area contributed by atoms with E-state index in [2.05, 4.69) is 0 Å². The van der Waals surface area contributed by atoms with Crippen LogP contribution < -0.4 is 0 Å². The Kier molecular flexibility index (Phi) is 27.6. The molecule has 0 radical (unpaired) electrons. The Labute approximate surface area is 167 Å². The second-order valence-electron chi connectivity index (χ2n) is 4.39. The van der Waals surface area contributed by atoms with Crippen molar-refractivity contribution in [2.75, 3.05) is 26.4 Å². The van der Waals surface area contributed by atoms with Crippen molar-refractivity contribution in [3.8, 4) is 0 Å². The number of aliphatic hydroxyl groups is 3. The van der Waals surface area contributed by atoms with E-state index in [-0.39, 0.29) is 36.3 Å². The van der Waals surface area contributed by atoms with Crippen LogP contribution in [-0.2, 0) is 23.9 Å². The molecular formula is C14H30MgO11. The van der Waals surface area contributed by atoms with Crippen LogP contribution in [0.25, 0.3) is 0 Å². The normalized spacial score (nSPS) is 9.58. The Balaban J connectivity index is -0.000000182. The van der Waals surface area contributed by atoms with E-state index in [0.29, 0.717) is 12.8 Å². The number of carbonyl (C=O) groups is 3. The SMILES string of the molecule is CCCCOC(O)(OCCCC)C(=O)O.O=C(O)CO.O=C(O)CO.[MgH2]. The van der Waals surface area contributed by atoms with Gasteiger partial charge in [0, 0.05) is 0 Å². The number of ether oxygens (including phenoxy) is 2. The molecule has 0 atom stereocenters. The molecule has 0 aliphatic heterocycles. The second kappa shape index (κ2) is 22.0. The van der Waals surface area contributed by atoms with Gasteiger partial charge in [-0.05, 0) is 12.8 Å². The first-order valence-electron chi connectivity index (χ1n) is 7.50. The Morgan fingerprint density at radius 2 is 1.08 bits per heavy atom. The van der Waals surface area contributed by atoms with E-state index in [1.165, 1.54) is 0 Å². The molecular weight excluding hydrogens is 368 g/mol. The van der Waals surface area contributed by atoms with E-state index in [4.69, 9.17) is 44.6 Å².